The molecule has 0 fully saturated rings. The Balaban J connectivity index is 1.92. The monoisotopic (exact) mass is 289 g/mol. The van der Waals surface area contributed by atoms with Gasteiger partial charge in [-0.25, -0.2) is 4.79 Å². The number of aliphatic hydroxyl groups is 1. The molecule has 0 saturated heterocycles. The number of benzene rings is 1. The summed E-state index contributed by atoms with van der Waals surface area (Å²) >= 11 is 0. The van der Waals surface area contributed by atoms with E-state index >= 15 is 0 Å². The second kappa shape index (κ2) is 7.50. The number of rotatable bonds is 6. The number of carbonyl (C=O) groups excluding carboxylic acids is 1. The van der Waals surface area contributed by atoms with Gasteiger partial charge in [-0.3, -0.25) is 4.90 Å². The zero-order valence-electron chi connectivity index (χ0n) is 12.0. The minimum absolute atomic E-state index is 0.125. The zero-order chi connectivity index (χ0) is 15.1. The minimum atomic E-state index is -0.470. The molecule has 0 aliphatic carbocycles. The number of nitrogens with zero attached hydrogens (tertiary/aromatic N) is 1. The Morgan fingerprint density at radius 2 is 2.00 bits per heavy atom. The summed E-state index contributed by atoms with van der Waals surface area (Å²) in [5.74, 6) is 1.45. The van der Waals surface area contributed by atoms with E-state index < -0.39 is 6.09 Å². The third kappa shape index (κ3) is 4.65. The molecule has 1 N–H and O–H groups in total. The summed E-state index contributed by atoms with van der Waals surface area (Å²) in [7, 11) is 0. The van der Waals surface area contributed by atoms with E-state index in [1.165, 1.54) is 4.90 Å². The van der Waals surface area contributed by atoms with Crippen LogP contribution in [0.4, 0.5) is 4.79 Å². The number of hydrogen-bond acceptors (Lipinski definition) is 4. The number of amides is 1. The zero-order valence-corrected chi connectivity index (χ0v) is 12.0. The Bertz CT molecular complexity index is 565. The van der Waals surface area contributed by atoms with Crippen LogP contribution in [0, 0.1) is 6.92 Å². The van der Waals surface area contributed by atoms with Crippen molar-refractivity contribution in [3.63, 3.8) is 0 Å². The molecule has 0 atom stereocenters. The molecule has 0 spiro atoms. The number of carbonyl (C=O) groups is 1. The molecule has 5 nitrogen and oxygen atoms in total. The van der Waals surface area contributed by atoms with E-state index in [9.17, 15) is 4.79 Å². The molecule has 1 heterocycles. The molecule has 1 amide bonds. The van der Waals surface area contributed by atoms with Crippen LogP contribution in [-0.2, 0) is 17.9 Å². The second-order valence-corrected chi connectivity index (χ2v) is 4.70. The van der Waals surface area contributed by atoms with Gasteiger partial charge in [-0.15, -0.1) is 0 Å². The van der Waals surface area contributed by atoms with E-state index in [0.29, 0.717) is 5.76 Å². The third-order valence-corrected chi connectivity index (χ3v) is 2.98. The van der Waals surface area contributed by atoms with Crippen LogP contribution in [0.5, 0.6) is 0 Å². The summed E-state index contributed by atoms with van der Waals surface area (Å²) in [6.07, 6.45) is -0.470. The van der Waals surface area contributed by atoms with Crippen LogP contribution in [-0.4, -0.2) is 29.3 Å². The van der Waals surface area contributed by atoms with Crippen molar-refractivity contribution in [3.05, 3.63) is 59.5 Å². The average Bonchev–Trinajstić information content (AvgIpc) is 2.91. The lowest BCUT2D eigenvalue weighted by atomic mass is 10.2. The van der Waals surface area contributed by atoms with Crippen LogP contribution in [0.2, 0.25) is 0 Å². The van der Waals surface area contributed by atoms with Crippen molar-refractivity contribution in [1.82, 2.24) is 4.90 Å². The predicted octanol–water partition coefficient (Wildman–Crippen LogP) is 2.72. The summed E-state index contributed by atoms with van der Waals surface area (Å²) in [4.78, 5) is 13.5. The first-order chi connectivity index (χ1) is 10.2. The molecule has 2 rings (SSSR count). The molecule has 0 aliphatic rings. The van der Waals surface area contributed by atoms with Gasteiger partial charge in [0.1, 0.15) is 18.1 Å². The summed E-state index contributed by atoms with van der Waals surface area (Å²) in [5.41, 5.74) is 0.920. The van der Waals surface area contributed by atoms with Gasteiger partial charge < -0.3 is 14.3 Å². The standard InChI is InChI=1S/C16H19NO4/c1-13-7-8-15(21-13)11-17(9-10-18)16(19)20-12-14-5-3-2-4-6-14/h2-8,18H,9-12H2,1H3. The molecular weight excluding hydrogens is 270 g/mol. The smallest absolute Gasteiger partial charge is 0.410 e. The van der Waals surface area contributed by atoms with Gasteiger partial charge in [-0.05, 0) is 24.6 Å². The summed E-state index contributed by atoms with van der Waals surface area (Å²) in [5, 5.41) is 9.07. The first kappa shape index (κ1) is 15.1. The number of aryl methyl sites for hydroxylation is 1. The Morgan fingerprint density at radius 1 is 1.24 bits per heavy atom. The lowest BCUT2D eigenvalue weighted by molar-refractivity contribution is 0.0831. The van der Waals surface area contributed by atoms with Gasteiger partial charge >= 0.3 is 6.09 Å². The van der Waals surface area contributed by atoms with Gasteiger partial charge in [0, 0.05) is 6.54 Å². The topological polar surface area (TPSA) is 62.9 Å². The van der Waals surface area contributed by atoms with E-state index in [4.69, 9.17) is 14.3 Å². The lowest BCUT2D eigenvalue weighted by Gasteiger charge is -2.20. The third-order valence-electron chi connectivity index (χ3n) is 2.98. The lowest BCUT2D eigenvalue weighted by Crippen LogP contribution is -2.33. The second-order valence-electron chi connectivity index (χ2n) is 4.70. The van der Waals surface area contributed by atoms with Crippen molar-refractivity contribution >= 4 is 6.09 Å². The maximum absolute atomic E-state index is 12.1. The SMILES string of the molecule is Cc1ccc(CN(CCO)C(=O)OCc2ccccc2)o1. The fourth-order valence-corrected chi connectivity index (χ4v) is 1.92. The van der Waals surface area contributed by atoms with Gasteiger partial charge in [0.2, 0.25) is 0 Å². The van der Waals surface area contributed by atoms with Crippen molar-refractivity contribution in [2.45, 2.75) is 20.1 Å². The van der Waals surface area contributed by atoms with Crippen molar-refractivity contribution in [2.75, 3.05) is 13.2 Å². The molecule has 0 saturated carbocycles. The normalized spacial score (nSPS) is 10.4. The minimum Gasteiger partial charge on any atom is -0.464 e. The predicted molar refractivity (Wildman–Crippen MR) is 77.6 cm³/mol. The van der Waals surface area contributed by atoms with Crippen LogP contribution in [0.1, 0.15) is 17.1 Å². The molecule has 5 heteroatoms. The van der Waals surface area contributed by atoms with Gasteiger partial charge in [-0.2, -0.15) is 0 Å². The van der Waals surface area contributed by atoms with Crippen molar-refractivity contribution in [2.24, 2.45) is 0 Å². The highest BCUT2D eigenvalue weighted by molar-refractivity contribution is 5.67. The van der Waals surface area contributed by atoms with E-state index in [1.807, 2.05) is 49.4 Å². The van der Waals surface area contributed by atoms with Crippen LogP contribution in [0.25, 0.3) is 0 Å². The molecule has 1 aromatic carbocycles. The summed E-state index contributed by atoms with van der Waals surface area (Å²) < 4.78 is 10.7. The van der Waals surface area contributed by atoms with E-state index in [2.05, 4.69) is 0 Å². The van der Waals surface area contributed by atoms with Crippen LogP contribution in [0.3, 0.4) is 0 Å². The molecule has 0 unspecified atom stereocenters. The van der Waals surface area contributed by atoms with Crippen molar-refractivity contribution in [3.8, 4) is 0 Å². The van der Waals surface area contributed by atoms with Gasteiger partial charge in [0.05, 0.1) is 13.2 Å². The molecular formula is C16H19NO4. The number of aliphatic hydroxyl groups excluding tert-OH is 1. The van der Waals surface area contributed by atoms with E-state index in [0.717, 1.165) is 11.3 Å². The first-order valence-electron chi connectivity index (χ1n) is 6.81. The van der Waals surface area contributed by atoms with Crippen LogP contribution < -0.4 is 0 Å². The van der Waals surface area contributed by atoms with E-state index in [1.54, 1.807) is 0 Å². The Morgan fingerprint density at radius 3 is 2.62 bits per heavy atom. The maximum atomic E-state index is 12.1. The molecule has 0 aliphatic heterocycles. The summed E-state index contributed by atoms with van der Waals surface area (Å²) in [6.45, 7) is 2.40. The van der Waals surface area contributed by atoms with Crippen LogP contribution >= 0.6 is 0 Å². The molecule has 0 bridgehead atoms. The van der Waals surface area contributed by atoms with Gasteiger partial charge in [0.25, 0.3) is 0 Å². The van der Waals surface area contributed by atoms with Crippen molar-refractivity contribution in [1.29, 1.82) is 0 Å². The number of furan rings is 1. The quantitative estimate of drug-likeness (QED) is 0.888. The highest BCUT2D eigenvalue weighted by Crippen LogP contribution is 2.11. The fourth-order valence-electron chi connectivity index (χ4n) is 1.92. The fraction of sp³-hybridized carbons (Fsp3) is 0.312. The van der Waals surface area contributed by atoms with Crippen LogP contribution in [0.15, 0.2) is 46.9 Å². The molecule has 112 valence electrons. The largest absolute Gasteiger partial charge is 0.464 e. The highest BCUT2D eigenvalue weighted by atomic mass is 16.6. The van der Waals surface area contributed by atoms with Crippen molar-refractivity contribution < 1.29 is 19.1 Å². The Labute approximate surface area is 123 Å². The maximum Gasteiger partial charge on any atom is 0.410 e. The molecule has 21 heavy (non-hydrogen) atoms. The average molecular weight is 289 g/mol. The van der Waals surface area contributed by atoms with E-state index in [-0.39, 0.29) is 26.3 Å². The molecule has 2 aromatic rings. The highest BCUT2D eigenvalue weighted by Gasteiger charge is 2.16. The Kier molecular flexibility index (Phi) is 5.40. The number of ether oxygens (including phenoxy) is 1. The molecule has 1 aromatic heterocycles. The Hall–Kier alpha value is -2.27. The van der Waals surface area contributed by atoms with Gasteiger partial charge in [0.15, 0.2) is 0 Å². The van der Waals surface area contributed by atoms with Gasteiger partial charge in [-0.1, -0.05) is 30.3 Å². The number of hydrogen-bond donors (Lipinski definition) is 1. The summed E-state index contributed by atoms with van der Waals surface area (Å²) in [6, 6.07) is 13.1. The first-order valence-corrected chi connectivity index (χ1v) is 6.81. The molecule has 0 radical (unpaired) electrons.